The average molecular weight is 365 g/mol. The number of amides is 2. The summed E-state index contributed by atoms with van der Waals surface area (Å²) >= 11 is 0. The first-order chi connectivity index (χ1) is 13.1. The summed E-state index contributed by atoms with van der Waals surface area (Å²) in [5.74, 6) is 5.90. The summed E-state index contributed by atoms with van der Waals surface area (Å²) in [7, 11) is 3.02. The first kappa shape index (κ1) is 18.2. The fourth-order valence-electron chi connectivity index (χ4n) is 2.84. The highest BCUT2D eigenvalue weighted by Gasteiger charge is 2.19. The highest BCUT2D eigenvalue weighted by atomic mass is 16.5. The van der Waals surface area contributed by atoms with Gasteiger partial charge < -0.3 is 14.8 Å². The molecule has 2 amide bonds. The molecule has 0 heterocycles. The number of fused-ring (bicyclic) bond motifs is 1. The Hall–Kier alpha value is -3.58. The molecule has 4 N–H and O–H groups in total. The Morgan fingerprint density at radius 3 is 2.22 bits per heavy atom. The zero-order valence-corrected chi connectivity index (χ0v) is 14.9. The number of ether oxygens (including phenoxy) is 2. The number of hydrogen-bond donors (Lipinski definition) is 3. The third-order valence-corrected chi connectivity index (χ3v) is 4.16. The second-order valence-corrected chi connectivity index (χ2v) is 5.74. The number of ketones is 1. The molecule has 0 aliphatic rings. The molecule has 138 valence electrons. The molecule has 0 atom stereocenters. The van der Waals surface area contributed by atoms with E-state index >= 15 is 0 Å². The second kappa shape index (κ2) is 7.76. The lowest BCUT2D eigenvalue weighted by Crippen LogP contribution is -2.34. The molecule has 7 heteroatoms. The molecule has 0 fully saturated rings. The van der Waals surface area contributed by atoms with Crippen LogP contribution in [-0.2, 0) is 0 Å². The van der Waals surface area contributed by atoms with E-state index in [1.54, 1.807) is 24.3 Å². The Morgan fingerprint density at radius 1 is 0.926 bits per heavy atom. The molecule has 0 radical (unpaired) electrons. The van der Waals surface area contributed by atoms with Gasteiger partial charge in [0, 0.05) is 22.6 Å². The fraction of sp³-hybridized carbons (Fsp3) is 0.100. The van der Waals surface area contributed by atoms with Gasteiger partial charge in [0.1, 0.15) is 11.5 Å². The molecule has 0 bridgehead atoms. The SMILES string of the molecule is COc1cc(OC)cc(C(=O)c2ccc3ccccc3c2NC(=O)NN)c1. The van der Waals surface area contributed by atoms with Gasteiger partial charge in [0.25, 0.3) is 0 Å². The van der Waals surface area contributed by atoms with Crippen molar-refractivity contribution in [1.29, 1.82) is 0 Å². The number of urea groups is 1. The molecule has 0 aliphatic heterocycles. The smallest absolute Gasteiger partial charge is 0.333 e. The van der Waals surface area contributed by atoms with Gasteiger partial charge in [-0.15, -0.1) is 0 Å². The molecule has 0 aromatic heterocycles. The van der Waals surface area contributed by atoms with Gasteiger partial charge in [-0.25, -0.2) is 10.6 Å². The maximum atomic E-state index is 13.2. The molecular weight excluding hydrogens is 346 g/mol. The van der Waals surface area contributed by atoms with E-state index in [0.717, 1.165) is 10.8 Å². The van der Waals surface area contributed by atoms with Gasteiger partial charge in [0.2, 0.25) is 0 Å². The van der Waals surface area contributed by atoms with E-state index in [1.165, 1.54) is 14.2 Å². The normalized spacial score (nSPS) is 10.3. The Bertz CT molecular complexity index is 995. The Kier molecular flexibility index (Phi) is 5.23. The first-order valence-electron chi connectivity index (χ1n) is 8.14. The van der Waals surface area contributed by atoms with Crippen molar-refractivity contribution in [2.24, 2.45) is 5.84 Å². The minimum Gasteiger partial charge on any atom is -0.497 e. The van der Waals surface area contributed by atoms with E-state index in [1.807, 2.05) is 35.8 Å². The lowest BCUT2D eigenvalue weighted by Gasteiger charge is -2.14. The number of nitrogens with two attached hydrogens (primary N) is 1. The van der Waals surface area contributed by atoms with Crippen molar-refractivity contribution >= 4 is 28.3 Å². The molecule has 0 spiro atoms. The van der Waals surface area contributed by atoms with Crippen LogP contribution in [0.2, 0.25) is 0 Å². The number of methoxy groups -OCH3 is 2. The molecule has 27 heavy (non-hydrogen) atoms. The lowest BCUT2D eigenvalue weighted by atomic mass is 9.97. The molecule has 0 saturated carbocycles. The Balaban J connectivity index is 2.17. The summed E-state index contributed by atoms with van der Waals surface area (Å²) < 4.78 is 10.5. The summed E-state index contributed by atoms with van der Waals surface area (Å²) in [6.45, 7) is 0. The third-order valence-electron chi connectivity index (χ3n) is 4.16. The van der Waals surface area contributed by atoms with Crippen LogP contribution in [0.25, 0.3) is 10.8 Å². The molecule has 3 aromatic rings. The molecule has 3 rings (SSSR count). The van der Waals surface area contributed by atoms with Gasteiger partial charge >= 0.3 is 6.03 Å². The largest absolute Gasteiger partial charge is 0.497 e. The van der Waals surface area contributed by atoms with Gasteiger partial charge in [0.15, 0.2) is 5.78 Å². The van der Waals surface area contributed by atoms with Gasteiger partial charge in [-0.2, -0.15) is 0 Å². The van der Waals surface area contributed by atoms with Crippen LogP contribution in [0.3, 0.4) is 0 Å². The van der Waals surface area contributed by atoms with Crippen molar-refractivity contribution in [1.82, 2.24) is 5.43 Å². The van der Waals surface area contributed by atoms with E-state index in [4.69, 9.17) is 15.3 Å². The summed E-state index contributed by atoms with van der Waals surface area (Å²) in [5.41, 5.74) is 3.10. The molecule has 7 nitrogen and oxygen atoms in total. The number of hydrazine groups is 1. The van der Waals surface area contributed by atoms with Crippen LogP contribution < -0.4 is 26.1 Å². The Morgan fingerprint density at radius 2 is 1.59 bits per heavy atom. The third kappa shape index (κ3) is 3.68. The van der Waals surface area contributed by atoms with Crippen molar-refractivity contribution in [3.8, 4) is 11.5 Å². The molecule has 3 aromatic carbocycles. The molecule has 0 unspecified atom stereocenters. The van der Waals surface area contributed by atoms with Crippen molar-refractivity contribution in [3.05, 3.63) is 65.7 Å². The fourth-order valence-corrected chi connectivity index (χ4v) is 2.84. The van der Waals surface area contributed by atoms with Crippen LogP contribution in [0.1, 0.15) is 15.9 Å². The first-order valence-corrected chi connectivity index (χ1v) is 8.14. The van der Waals surface area contributed by atoms with Crippen LogP contribution in [0.4, 0.5) is 10.5 Å². The zero-order valence-electron chi connectivity index (χ0n) is 14.9. The topological polar surface area (TPSA) is 103 Å². The van der Waals surface area contributed by atoms with Crippen LogP contribution >= 0.6 is 0 Å². The minimum atomic E-state index is -0.622. The number of carbonyl (C=O) groups excluding carboxylic acids is 2. The predicted octanol–water partition coefficient (Wildman–Crippen LogP) is 3.08. The van der Waals surface area contributed by atoms with E-state index in [2.05, 4.69) is 5.32 Å². The summed E-state index contributed by atoms with van der Waals surface area (Å²) in [6, 6.07) is 15.2. The van der Waals surface area contributed by atoms with Crippen LogP contribution in [-0.4, -0.2) is 26.0 Å². The monoisotopic (exact) mass is 365 g/mol. The number of anilines is 1. The van der Waals surface area contributed by atoms with Gasteiger partial charge in [-0.05, 0) is 23.6 Å². The lowest BCUT2D eigenvalue weighted by molar-refractivity contribution is 0.103. The quantitative estimate of drug-likeness (QED) is 0.279. The van der Waals surface area contributed by atoms with Gasteiger partial charge in [-0.3, -0.25) is 10.2 Å². The van der Waals surface area contributed by atoms with Crippen LogP contribution in [0.5, 0.6) is 11.5 Å². The summed E-state index contributed by atoms with van der Waals surface area (Å²) in [6.07, 6.45) is 0. The van der Waals surface area contributed by atoms with Crippen molar-refractivity contribution in [2.45, 2.75) is 0 Å². The summed E-state index contributed by atoms with van der Waals surface area (Å²) in [5, 5.41) is 4.26. The predicted molar refractivity (Wildman–Crippen MR) is 103 cm³/mol. The zero-order chi connectivity index (χ0) is 19.4. The number of rotatable bonds is 5. The van der Waals surface area contributed by atoms with E-state index < -0.39 is 6.03 Å². The van der Waals surface area contributed by atoms with E-state index in [0.29, 0.717) is 28.3 Å². The summed E-state index contributed by atoms with van der Waals surface area (Å²) in [4.78, 5) is 25.0. The van der Waals surface area contributed by atoms with E-state index in [9.17, 15) is 9.59 Å². The number of hydrogen-bond acceptors (Lipinski definition) is 5. The maximum Gasteiger partial charge on any atom is 0.333 e. The Labute approximate surface area is 156 Å². The maximum absolute atomic E-state index is 13.2. The molecule has 0 saturated heterocycles. The number of carbonyl (C=O) groups is 2. The van der Waals surface area contributed by atoms with E-state index in [-0.39, 0.29) is 5.78 Å². The standard InChI is InChI=1S/C20H19N3O4/c1-26-14-9-13(10-15(11-14)27-2)19(24)17-8-7-12-5-3-4-6-16(12)18(17)22-20(25)23-21/h3-11H,21H2,1-2H3,(H2,22,23,25). The highest BCUT2D eigenvalue weighted by Crippen LogP contribution is 2.31. The van der Waals surface area contributed by atoms with Gasteiger partial charge in [-0.1, -0.05) is 30.3 Å². The number of nitrogens with one attached hydrogen (secondary N) is 2. The van der Waals surface area contributed by atoms with Crippen LogP contribution in [0.15, 0.2) is 54.6 Å². The van der Waals surface area contributed by atoms with Crippen molar-refractivity contribution < 1.29 is 19.1 Å². The highest BCUT2D eigenvalue weighted by molar-refractivity contribution is 6.18. The second-order valence-electron chi connectivity index (χ2n) is 5.74. The van der Waals surface area contributed by atoms with Crippen molar-refractivity contribution in [3.63, 3.8) is 0 Å². The van der Waals surface area contributed by atoms with Gasteiger partial charge in [0.05, 0.1) is 19.9 Å². The average Bonchev–Trinajstić information content (AvgIpc) is 2.72. The minimum absolute atomic E-state index is 0.287. The molecule has 0 aliphatic carbocycles. The molecular formula is C20H19N3O4. The number of benzene rings is 3. The van der Waals surface area contributed by atoms with Crippen LogP contribution in [0, 0.1) is 0 Å². The van der Waals surface area contributed by atoms with Crippen molar-refractivity contribution in [2.75, 3.05) is 19.5 Å².